The maximum Gasteiger partial charge on any atom is 0.0945 e. The Bertz CT molecular complexity index is 574. The zero-order valence-electron chi connectivity index (χ0n) is 12.1. The van der Waals surface area contributed by atoms with Crippen molar-refractivity contribution in [2.75, 3.05) is 18.5 Å². The topological polar surface area (TPSA) is 41.5 Å². The van der Waals surface area contributed by atoms with E-state index in [0.717, 1.165) is 16.8 Å². The van der Waals surface area contributed by atoms with Crippen LogP contribution < -0.4 is 5.32 Å². The Kier molecular flexibility index (Phi) is 6.05. The molecule has 0 saturated heterocycles. The smallest absolute Gasteiger partial charge is 0.0945 e. The Morgan fingerprint density at radius 2 is 1.86 bits per heavy atom. The van der Waals surface area contributed by atoms with E-state index < -0.39 is 6.10 Å². The number of rotatable bonds is 7. The van der Waals surface area contributed by atoms with Crippen LogP contribution in [0, 0.1) is 6.92 Å². The van der Waals surface area contributed by atoms with Crippen molar-refractivity contribution >= 4 is 17.3 Å². The van der Waals surface area contributed by atoms with Crippen LogP contribution in [0.2, 0.25) is 5.02 Å². The number of aryl methyl sites for hydroxylation is 1. The molecule has 0 radical (unpaired) electrons. The molecule has 1 atom stereocenters. The molecule has 2 aromatic rings. The Labute approximate surface area is 130 Å². The first-order valence-corrected chi connectivity index (χ1v) is 7.33. The second-order valence-corrected chi connectivity index (χ2v) is 5.36. The number of hydrogen-bond donors (Lipinski definition) is 2. The van der Waals surface area contributed by atoms with Gasteiger partial charge in [0, 0.05) is 17.3 Å². The zero-order chi connectivity index (χ0) is 15.1. The summed E-state index contributed by atoms with van der Waals surface area (Å²) in [6, 6.07) is 15.5. The minimum absolute atomic E-state index is 0.268. The molecule has 0 aliphatic heterocycles. The monoisotopic (exact) mass is 305 g/mol. The number of ether oxygens (including phenoxy) is 1. The molecule has 0 aliphatic carbocycles. The lowest BCUT2D eigenvalue weighted by Gasteiger charge is -2.15. The molecule has 4 heteroatoms. The van der Waals surface area contributed by atoms with Gasteiger partial charge < -0.3 is 15.2 Å². The summed E-state index contributed by atoms with van der Waals surface area (Å²) in [6.45, 7) is 3.15. The van der Waals surface area contributed by atoms with Crippen LogP contribution in [0.5, 0.6) is 0 Å². The number of benzene rings is 2. The van der Waals surface area contributed by atoms with E-state index >= 15 is 0 Å². The molecule has 2 N–H and O–H groups in total. The fourth-order valence-electron chi connectivity index (χ4n) is 1.98. The lowest BCUT2D eigenvalue weighted by atomic mass is 10.2. The summed E-state index contributed by atoms with van der Waals surface area (Å²) in [7, 11) is 0. The lowest BCUT2D eigenvalue weighted by Crippen LogP contribution is -2.25. The Balaban J connectivity index is 1.72. The fraction of sp³-hybridized carbons (Fsp3) is 0.294. The van der Waals surface area contributed by atoms with Gasteiger partial charge in [0.25, 0.3) is 0 Å². The molecule has 0 spiro atoms. The van der Waals surface area contributed by atoms with Crippen LogP contribution in [0.3, 0.4) is 0 Å². The minimum atomic E-state index is -0.563. The second-order valence-electron chi connectivity index (χ2n) is 4.96. The number of halogens is 1. The van der Waals surface area contributed by atoms with E-state index in [-0.39, 0.29) is 6.61 Å². The van der Waals surface area contributed by atoms with Crippen molar-refractivity contribution in [2.24, 2.45) is 0 Å². The first-order valence-electron chi connectivity index (χ1n) is 6.95. The highest BCUT2D eigenvalue weighted by molar-refractivity contribution is 6.31. The van der Waals surface area contributed by atoms with E-state index in [4.69, 9.17) is 16.3 Å². The summed E-state index contributed by atoms with van der Waals surface area (Å²) < 4.78 is 5.51. The summed E-state index contributed by atoms with van der Waals surface area (Å²) in [5.41, 5.74) is 3.11. The van der Waals surface area contributed by atoms with Gasteiger partial charge >= 0.3 is 0 Å². The summed E-state index contributed by atoms with van der Waals surface area (Å²) in [5, 5.41) is 13.8. The van der Waals surface area contributed by atoms with E-state index in [1.165, 1.54) is 0 Å². The van der Waals surface area contributed by atoms with E-state index in [1.807, 2.05) is 55.5 Å². The van der Waals surface area contributed by atoms with Crippen molar-refractivity contribution < 1.29 is 9.84 Å². The van der Waals surface area contributed by atoms with Gasteiger partial charge in [-0.3, -0.25) is 0 Å². The Morgan fingerprint density at radius 3 is 2.62 bits per heavy atom. The first kappa shape index (κ1) is 15.8. The molecule has 0 heterocycles. The molecule has 0 saturated carbocycles. The summed E-state index contributed by atoms with van der Waals surface area (Å²) in [4.78, 5) is 0. The van der Waals surface area contributed by atoms with Crippen LogP contribution in [0.25, 0.3) is 0 Å². The molecular formula is C17H20ClNO2. The molecule has 0 aromatic heterocycles. The molecule has 0 amide bonds. The van der Waals surface area contributed by atoms with Crippen LogP contribution in [-0.4, -0.2) is 24.4 Å². The molecule has 3 nitrogen and oxygen atoms in total. The molecule has 0 fully saturated rings. The lowest BCUT2D eigenvalue weighted by molar-refractivity contribution is 0.0348. The van der Waals surface area contributed by atoms with Crippen LogP contribution >= 0.6 is 11.6 Å². The van der Waals surface area contributed by atoms with Crippen molar-refractivity contribution in [2.45, 2.75) is 19.6 Å². The summed E-state index contributed by atoms with van der Waals surface area (Å²) >= 11 is 6.04. The highest BCUT2D eigenvalue weighted by Gasteiger charge is 2.06. The second kappa shape index (κ2) is 8.03. The highest BCUT2D eigenvalue weighted by atomic mass is 35.5. The van der Waals surface area contributed by atoms with Gasteiger partial charge in [0.2, 0.25) is 0 Å². The van der Waals surface area contributed by atoms with E-state index in [1.54, 1.807) is 0 Å². The molecule has 112 valence electrons. The fourth-order valence-corrected chi connectivity index (χ4v) is 2.17. The van der Waals surface area contributed by atoms with Crippen LogP contribution in [0.1, 0.15) is 11.1 Å². The Morgan fingerprint density at radius 1 is 1.14 bits per heavy atom. The first-order chi connectivity index (χ1) is 10.2. The summed E-state index contributed by atoms with van der Waals surface area (Å²) in [6.07, 6.45) is -0.563. The normalized spacial score (nSPS) is 12.1. The maximum atomic E-state index is 9.93. The SMILES string of the molecule is Cc1ccccc1NCC(O)COCc1ccccc1Cl. The average Bonchev–Trinajstić information content (AvgIpc) is 2.48. The number of nitrogens with one attached hydrogen (secondary N) is 1. The van der Waals surface area contributed by atoms with Crippen molar-refractivity contribution in [3.05, 3.63) is 64.7 Å². The zero-order valence-corrected chi connectivity index (χ0v) is 12.8. The number of anilines is 1. The van der Waals surface area contributed by atoms with Crippen molar-refractivity contribution in [1.29, 1.82) is 0 Å². The number of aliphatic hydroxyl groups is 1. The number of hydrogen-bond acceptors (Lipinski definition) is 3. The number of aliphatic hydroxyl groups excluding tert-OH is 1. The van der Waals surface area contributed by atoms with E-state index in [2.05, 4.69) is 5.32 Å². The van der Waals surface area contributed by atoms with Crippen molar-refractivity contribution in [3.63, 3.8) is 0 Å². The van der Waals surface area contributed by atoms with Crippen molar-refractivity contribution in [3.8, 4) is 0 Å². The van der Waals surface area contributed by atoms with Gasteiger partial charge in [-0.1, -0.05) is 48.0 Å². The molecule has 21 heavy (non-hydrogen) atoms. The quantitative estimate of drug-likeness (QED) is 0.820. The highest BCUT2D eigenvalue weighted by Crippen LogP contribution is 2.16. The van der Waals surface area contributed by atoms with Crippen LogP contribution in [0.15, 0.2) is 48.5 Å². The van der Waals surface area contributed by atoms with Gasteiger partial charge in [-0.15, -0.1) is 0 Å². The van der Waals surface area contributed by atoms with Crippen LogP contribution in [-0.2, 0) is 11.3 Å². The third-order valence-corrected chi connectivity index (χ3v) is 3.57. The summed E-state index contributed by atoms with van der Waals surface area (Å²) in [5.74, 6) is 0. The third kappa shape index (κ3) is 5.05. The predicted octanol–water partition coefficient (Wildman–Crippen LogP) is 3.64. The van der Waals surface area contributed by atoms with Gasteiger partial charge in [-0.2, -0.15) is 0 Å². The van der Waals surface area contributed by atoms with Gasteiger partial charge in [0.1, 0.15) is 0 Å². The standard InChI is InChI=1S/C17H20ClNO2/c1-13-6-2-5-9-17(13)19-10-15(20)12-21-11-14-7-3-4-8-16(14)18/h2-9,15,19-20H,10-12H2,1H3. The molecule has 2 aromatic carbocycles. The average molecular weight is 306 g/mol. The molecule has 0 bridgehead atoms. The van der Waals surface area contributed by atoms with Crippen LogP contribution in [0.4, 0.5) is 5.69 Å². The maximum absolute atomic E-state index is 9.93. The van der Waals surface area contributed by atoms with Gasteiger partial charge in [0.05, 0.1) is 19.3 Å². The van der Waals surface area contributed by atoms with Gasteiger partial charge in [-0.05, 0) is 30.2 Å². The largest absolute Gasteiger partial charge is 0.389 e. The third-order valence-electron chi connectivity index (χ3n) is 3.20. The van der Waals surface area contributed by atoms with Gasteiger partial charge in [0.15, 0.2) is 0 Å². The molecule has 0 aliphatic rings. The van der Waals surface area contributed by atoms with Crippen molar-refractivity contribution in [1.82, 2.24) is 0 Å². The predicted molar refractivity (Wildman–Crippen MR) is 86.8 cm³/mol. The number of para-hydroxylation sites is 1. The Hall–Kier alpha value is -1.55. The van der Waals surface area contributed by atoms with E-state index in [0.29, 0.717) is 18.2 Å². The van der Waals surface area contributed by atoms with Gasteiger partial charge in [-0.25, -0.2) is 0 Å². The molecule has 1 unspecified atom stereocenters. The molecule has 2 rings (SSSR count). The molecular weight excluding hydrogens is 286 g/mol. The minimum Gasteiger partial charge on any atom is -0.389 e. The van der Waals surface area contributed by atoms with E-state index in [9.17, 15) is 5.11 Å².